The maximum Gasteiger partial charge on any atom is 0.169 e. The molecule has 0 amide bonds. The maximum atomic E-state index is 6.39. The fourth-order valence-corrected chi connectivity index (χ4v) is 2.87. The molecule has 1 aliphatic rings. The third-order valence-corrected chi connectivity index (χ3v) is 4.20. The van der Waals surface area contributed by atoms with Crippen molar-refractivity contribution in [1.82, 2.24) is 0 Å². The normalized spacial score (nSPS) is 19.7. The van der Waals surface area contributed by atoms with Crippen LogP contribution in [0.25, 0.3) is 0 Å². The van der Waals surface area contributed by atoms with E-state index in [2.05, 4.69) is 27.7 Å². The molecule has 1 fully saturated rings. The fourth-order valence-electron chi connectivity index (χ4n) is 2.87. The lowest BCUT2D eigenvalue weighted by atomic mass is 9.93. The summed E-state index contributed by atoms with van der Waals surface area (Å²) in [4.78, 5) is 0. The Morgan fingerprint density at radius 3 is 1.44 bits per heavy atom. The average Bonchev–Trinajstić information content (AvgIpc) is 2.43. The van der Waals surface area contributed by atoms with Crippen LogP contribution in [0.15, 0.2) is 0 Å². The summed E-state index contributed by atoms with van der Waals surface area (Å²) >= 11 is 0. The van der Waals surface area contributed by atoms with Gasteiger partial charge in [-0.3, -0.25) is 0 Å². The zero-order valence-corrected chi connectivity index (χ0v) is 12.8. The zero-order valence-electron chi connectivity index (χ0n) is 12.8. The van der Waals surface area contributed by atoms with Crippen LogP contribution in [0.4, 0.5) is 0 Å². The second-order valence-electron chi connectivity index (χ2n) is 5.58. The van der Waals surface area contributed by atoms with Crippen LogP contribution in [0, 0.1) is 0 Å². The van der Waals surface area contributed by atoms with Gasteiger partial charge in [0.15, 0.2) is 5.79 Å². The molecule has 0 N–H and O–H groups in total. The topological polar surface area (TPSA) is 18.5 Å². The molecule has 18 heavy (non-hydrogen) atoms. The van der Waals surface area contributed by atoms with E-state index in [0.29, 0.717) is 12.2 Å². The molecular formula is C16H32O2. The Labute approximate surface area is 113 Å². The van der Waals surface area contributed by atoms with Gasteiger partial charge in [0.2, 0.25) is 0 Å². The van der Waals surface area contributed by atoms with E-state index in [9.17, 15) is 0 Å². The van der Waals surface area contributed by atoms with Crippen LogP contribution >= 0.6 is 0 Å². The minimum Gasteiger partial charge on any atom is -0.347 e. The molecule has 0 atom stereocenters. The van der Waals surface area contributed by atoms with Crippen molar-refractivity contribution >= 4 is 0 Å². The average molecular weight is 256 g/mol. The lowest BCUT2D eigenvalue weighted by Gasteiger charge is -2.41. The van der Waals surface area contributed by atoms with Gasteiger partial charge in [0.1, 0.15) is 0 Å². The monoisotopic (exact) mass is 256 g/mol. The number of rotatable bonds is 8. The van der Waals surface area contributed by atoms with Crippen molar-refractivity contribution in [3.05, 3.63) is 0 Å². The number of hydrogen-bond acceptors (Lipinski definition) is 2. The first-order valence-electron chi connectivity index (χ1n) is 8.05. The lowest BCUT2D eigenvalue weighted by Crippen LogP contribution is -2.43. The third kappa shape index (κ3) is 4.55. The standard InChI is InChI=1S/C16H32O2/c1-5-14(6-2)17-16(12-10-9-11-13-16)18-15(7-3)8-4/h14-15H,5-13H2,1-4H3. The quantitative estimate of drug-likeness (QED) is 0.565. The smallest absolute Gasteiger partial charge is 0.169 e. The van der Waals surface area contributed by atoms with E-state index < -0.39 is 0 Å². The van der Waals surface area contributed by atoms with Gasteiger partial charge < -0.3 is 9.47 Å². The van der Waals surface area contributed by atoms with Gasteiger partial charge in [-0.05, 0) is 38.5 Å². The summed E-state index contributed by atoms with van der Waals surface area (Å²) in [7, 11) is 0. The van der Waals surface area contributed by atoms with Crippen LogP contribution in [0.1, 0.15) is 85.5 Å². The highest BCUT2D eigenvalue weighted by molar-refractivity contribution is 4.78. The highest BCUT2D eigenvalue weighted by Gasteiger charge is 2.37. The Balaban J connectivity index is 2.67. The maximum absolute atomic E-state index is 6.39. The van der Waals surface area contributed by atoms with Gasteiger partial charge in [-0.15, -0.1) is 0 Å². The Hall–Kier alpha value is -0.0800. The van der Waals surface area contributed by atoms with E-state index in [-0.39, 0.29) is 5.79 Å². The van der Waals surface area contributed by atoms with Crippen LogP contribution in [-0.4, -0.2) is 18.0 Å². The molecule has 2 heteroatoms. The van der Waals surface area contributed by atoms with Gasteiger partial charge >= 0.3 is 0 Å². The highest BCUT2D eigenvalue weighted by Crippen LogP contribution is 2.36. The molecule has 0 spiro atoms. The van der Waals surface area contributed by atoms with Crippen LogP contribution in [-0.2, 0) is 9.47 Å². The predicted molar refractivity (Wildman–Crippen MR) is 76.7 cm³/mol. The molecule has 0 aromatic carbocycles. The number of ether oxygens (including phenoxy) is 2. The van der Waals surface area contributed by atoms with E-state index in [1.807, 2.05) is 0 Å². The fraction of sp³-hybridized carbons (Fsp3) is 1.00. The van der Waals surface area contributed by atoms with Gasteiger partial charge in [0.05, 0.1) is 12.2 Å². The Morgan fingerprint density at radius 1 is 0.722 bits per heavy atom. The van der Waals surface area contributed by atoms with E-state index >= 15 is 0 Å². The predicted octanol–water partition coefficient (Wildman–Crippen LogP) is 5.06. The van der Waals surface area contributed by atoms with E-state index in [1.165, 1.54) is 19.3 Å². The van der Waals surface area contributed by atoms with Crippen molar-refractivity contribution in [2.75, 3.05) is 0 Å². The van der Waals surface area contributed by atoms with E-state index in [0.717, 1.165) is 38.5 Å². The molecule has 0 heterocycles. The van der Waals surface area contributed by atoms with Crippen molar-refractivity contribution in [2.45, 2.75) is 103 Å². The molecule has 0 bridgehead atoms. The highest BCUT2D eigenvalue weighted by atomic mass is 16.7. The van der Waals surface area contributed by atoms with Crippen molar-refractivity contribution in [1.29, 1.82) is 0 Å². The summed E-state index contributed by atoms with van der Waals surface area (Å²) in [6.07, 6.45) is 11.1. The molecule has 0 aliphatic heterocycles. The van der Waals surface area contributed by atoms with Crippen molar-refractivity contribution in [2.24, 2.45) is 0 Å². The van der Waals surface area contributed by atoms with Crippen molar-refractivity contribution in [3.63, 3.8) is 0 Å². The van der Waals surface area contributed by atoms with Crippen molar-refractivity contribution < 1.29 is 9.47 Å². The second-order valence-corrected chi connectivity index (χ2v) is 5.58. The summed E-state index contributed by atoms with van der Waals surface area (Å²) in [6, 6.07) is 0. The first-order chi connectivity index (χ1) is 8.69. The molecule has 0 radical (unpaired) electrons. The molecule has 108 valence electrons. The van der Waals surface area contributed by atoms with Crippen LogP contribution in [0.2, 0.25) is 0 Å². The summed E-state index contributed by atoms with van der Waals surface area (Å²) in [5.74, 6) is -0.272. The third-order valence-electron chi connectivity index (χ3n) is 4.20. The zero-order chi connectivity index (χ0) is 13.4. The van der Waals surface area contributed by atoms with Gasteiger partial charge in [0, 0.05) is 12.8 Å². The van der Waals surface area contributed by atoms with E-state index in [4.69, 9.17) is 9.47 Å². The van der Waals surface area contributed by atoms with Gasteiger partial charge in [-0.25, -0.2) is 0 Å². The SMILES string of the molecule is CCC(CC)OC1(OC(CC)CC)CCCCC1. The summed E-state index contributed by atoms with van der Waals surface area (Å²) < 4.78 is 12.8. The van der Waals surface area contributed by atoms with Gasteiger partial charge in [0.25, 0.3) is 0 Å². The van der Waals surface area contributed by atoms with Gasteiger partial charge in [-0.2, -0.15) is 0 Å². The molecule has 2 nitrogen and oxygen atoms in total. The summed E-state index contributed by atoms with van der Waals surface area (Å²) in [5.41, 5.74) is 0. The van der Waals surface area contributed by atoms with Crippen LogP contribution in [0.3, 0.4) is 0 Å². The van der Waals surface area contributed by atoms with Crippen molar-refractivity contribution in [3.8, 4) is 0 Å². The second kappa shape index (κ2) is 8.16. The first-order valence-corrected chi connectivity index (χ1v) is 8.05. The van der Waals surface area contributed by atoms with Crippen LogP contribution in [0.5, 0.6) is 0 Å². The Bertz CT molecular complexity index is 185. The Morgan fingerprint density at radius 2 is 1.11 bits per heavy atom. The molecule has 0 saturated heterocycles. The molecule has 0 unspecified atom stereocenters. The molecule has 0 aromatic heterocycles. The summed E-state index contributed by atoms with van der Waals surface area (Å²) in [5, 5.41) is 0. The molecule has 1 saturated carbocycles. The largest absolute Gasteiger partial charge is 0.347 e. The minimum atomic E-state index is -0.272. The van der Waals surface area contributed by atoms with Crippen LogP contribution < -0.4 is 0 Å². The number of hydrogen-bond donors (Lipinski definition) is 0. The first kappa shape index (κ1) is 16.0. The van der Waals surface area contributed by atoms with Gasteiger partial charge in [-0.1, -0.05) is 34.1 Å². The summed E-state index contributed by atoms with van der Waals surface area (Å²) in [6.45, 7) is 8.84. The van der Waals surface area contributed by atoms with E-state index in [1.54, 1.807) is 0 Å². The molecule has 1 aliphatic carbocycles. The minimum absolute atomic E-state index is 0.272. The molecular weight excluding hydrogens is 224 g/mol. The molecule has 0 aromatic rings. The molecule has 1 rings (SSSR count). The lowest BCUT2D eigenvalue weighted by molar-refractivity contribution is -0.292. The Kier molecular flexibility index (Phi) is 7.25.